The Kier molecular flexibility index (Phi) is 5.10. The normalized spacial score (nSPS) is 18.1. The summed E-state index contributed by atoms with van der Waals surface area (Å²) in [7, 11) is 1.55. The highest BCUT2D eigenvalue weighted by molar-refractivity contribution is 6.46. The number of nitrogens with zero attached hydrogens (tertiary/aromatic N) is 2. The van der Waals surface area contributed by atoms with Gasteiger partial charge in [-0.25, -0.2) is 0 Å². The van der Waals surface area contributed by atoms with Crippen LogP contribution < -0.4 is 4.74 Å². The fourth-order valence-corrected chi connectivity index (χ4v) is 3.63. The molecule has 0 spiro atoms. The molecule has 1 saturated heterocycles. The van der Waals surface area contributed by atoms with Crippen molar-refractivity contribution in [3.63, 3.8) is 0 Å². The van der Waals surface area contributed by atoms with E-state index in [1.54, 1.807) is 68.8 Å². The topological polar surface area (TPSA) is 92.9 Å². The highest BCUT2D eigenvalue weighted by Gasteiger charge is 2.47. The molecule has 3 aromatic rings. The van der Waals surface area contributed by atoms with E-state index < -0.39 is 17.7 Å². The average Bonchev–Trinajstić information content (AvgIpc) is 3.36. The predicted molar refractivity (Wildman–Crippen MR) is 109 cm³/mol. The summed E-state index contributed by atoms with van der Waals surface area (Å²) in [6.07, 6.45) is 3.09. The van der Waals surface area contributed by atoms with Gasteiger partial charge in [0.05, 0.1) is 31.2 Å². The lowest BCUT2D eigenvalue weighted by Crippen LogP contribution is -2.29. The first-order chi connectivity index (χ1) is 14.5. The molecule has 0 radical (unpaired) electrons. The maximum Gasteiger partial charge on any atom is 0.296 e. The molecular weight excluding hydrogens is 384 g/mol. The van der Waals surface area contributed by atoms with Gasteiger partial charge in [0.2, 0.25) is 0 Å². The number of hydrogen-bond acceptors (Lipinski definition) is 6. The van der Waals surface area contributed by atoms with E-state index in [1.807, 2.05) is 0 Å². The van der Waals surface area contributed by atoms with Crippen molar-refractivity contribution >= 4 is 17.4 Å². The number of aliphatic hydroxyl groups excluding tert-OH is 1. The Bertz CT molecular complexity index is 1120. The second-order valence-electron chi connectivity index (χ2n) is 6.94. The summed E-state index contributed by atoms with van der Waals surface area (Å²) in [5, 5.41) is 11.1. The highest BCUT2D eigenvalue weighted by Crippen LogP contribution is 2.40. The van der Waals surface area contributed by atoms with E-state index in [-0.39, 0.29) is 17.9 Å². The van der Waals surface area contributed by atoms with Gasteiger partial charge >= 0.3 is 0 Å². The molecule has 4 rings (SSSR count). The second kappa shape index (κ2) is 7.87. The van der Waals surface area contributed by atoms with Gasteiger partial charge in [-0.1, -0.05) is 6.07 Å². The van der Waals surface area contributed by atoms with Gasteiger partial charge in [0.15, 0.2) is 0 Å². The Balaban J connectivity index is 1.87. The van der Waals surface area contributed by atoms with E-state index in [0.717, 1.165) is 0 Å². The minimum absolute atomic E-state index is 0.00137. The van der Waals surface area contributed by atoms with Gasteiger partial charge in [-0.3, -0.25) is 14.6 Å². The van der Waals surface area contributed by atoms with Crippen molar-refractivity contribution in [3.05, 3.63) is 89.1 Å². The van der Waals surface area contributed by atoms with Crippen LogP contribution in [-0.4, -0.2) is 33.8 Å². The number of rotatable bonds is 5. The van der Waals surface area contributed by atoms with E-state index in [9.17, 15) is 14.7 Å². The highest BCUT2D eigenvalue weighted by atomic mass is 16.5. The van der Waals surface area contributed by atoms with Gasteiger partial charge in [-0.05, 0) is 55.0 Å². The van der Waals surface area contributed by atoms with Crippen LogP contribution in [0.25, 0.3) is 5.76 Å². The van der Waals surface area contributed by atoms with Crippen LogP contribution in [0.2, 0.25) is 0 Å². The molecule has 1 aliphatic rings. The van der Waals surface area contributed by atoms with Crippen LogP contribution in [0.4, 0.5) is 0 Å². The molecule has 1 aromatic carbocycles. The first-order valence-electron chi connectivity index (χ1n) is 9.38. The molecule has 7 heteroatoms. The number of amides is 1. The number of furan rings is 1. The predicted octanol–water partition coefficient (Wildman–Crippen LogP) is 3.61. The number of methoxy groups -OCH3 is 1. The average molecular weight is 404 g/mol. The minimum Gasteiger partial charge on any atom is -0.507 e. The Labute approximate surface area is 173 Å². The third-order valence-corrected chi connectivity index (χ3v) is 5.10. The van der Waals surface area contributed by atoms with E-state index in [0.29, 0.717) is 28.3 Å². The number of carbonyl (C=O) groups excluding carboxylic acids is 2. The summed E-state index contributed by atoms with van der Waals surface area (Å²) in [5.74, 6) is -0.562. The van der Waals surface area contributed by atoms with Gasteiger partial charge in [0.25, 0.3) is 11.7 Å². The Hall–Kier alpha value is -3.87. The number of benzene rings is 1. The zero-order valence-electron chi connectivity index (χ0n) is 16.5. The fourth-order valence-electron chi connectivity index (χ4n) is 3.63. The number of pyridine rings is 1. The van der Waals surface area contributed by atoms with Crippen LogP contribution in [0.15, 0.2) is 71.0 Å². The summed E-state index contributed by atoms with van der Waals surface area (Å²) in [6, 6.07) is 13.0. The molecule has 1 atom stereocenters. The zero-order chi connectivity index (χ0) is 21.3. The lowest BCUT2D eigenvalue weighted by molar-refractivity contribution is -0.140. The maximum atomic E-state index is 13.0. The van der Waals surface area contributed by atoms with Crippen LogP contribution >= 0.6 is 0 Å². The van der Waals surface area contributed by atoms with Crippen LogP contribution in [0.5, 0.6) is 5.75 Å². The van der Waals surface area contributed by atoms with Crippen molar-refractivity contribution in [2.45, 2.75) is 19.5 Å². The first-order valence-corrected chi connectivity index (χ1v) is 9.38. The lowest BCUT2D eigenvalue weighted by Gasteiger charge is -2.23. The van der Waals surface area contributed by atoms with Crippen molar-refractivity contribution in [1.29, 1.82) is 0 Å². The summed E-state index contributed by atoms with van der Waals surface area (Å²) >= 11 is 0. The molecule has 1 fully saturated rings. The molecule has 0 saturated carbocycles. The molecule has 0 aliphatic carbocycles. The van der Waals surface area contributed by atoms with E-state index >= 15 is 0 Å². The lowest BCUT2D eigenvalue weighted by atomic mass is 9.96. The number of aromatic nitrogens is 1. The standard InChI is InChI=1S/C23H20N2O5/c1-14-12-15(29-2)8-9-17(14)21(26)19-20(18-7-3-4-10-24-18)25(23(28)22(19)27)13-16-6-5-11-30-16/h3-12,20,26H,13H2,1-2H3/b21-19-. The van der Waals surface area contributed by atoms with Crippen LogP contribution in [0, 0.1) is 6.92 Å². The van der Waals surface area contributed by atoms with Crippen LogP contribution in [0.3, 0.4) is 0 Å². The number of aryl methyl sites for hydroxylation is 1. The summed E-state index contributed by atoms with van der Waals surface area (Å²) in [5.41, 5.74) is 1.64. The minimum atomic E-state index is -0.835. The Morgan fingerprint density at radius 2 is 2.03 bits per heavy atom. The van der Waals surface area contributed by atoms with Crippen molar-refractivity contribution < 1.29 is 23.8 Å². The SMILES string of the molecule is COc1ccc(/C(O)=C2/C(=O)C(=O)N(Cc3ccco3)C2c2ccccn2)c(C)c1. The zero-order valence-corrected chi connectivity index (χ0v) is 16.5. The molecule has 1 unspecified atom stereocenters. The fraction of sp³-hybridized carbons (Fsp3) is 0.174. The number of likely N-dealkylation sites (tertiary alicyclic amines) is 1. The molecule has 1 aliphatic heterocycles. The monoisotopic (exact) mass is 404 g/mol. The molecule has 2 aromatic heterocycles. The molecule has 1 N–H and O–H groups in total. The quantitative estimate of drug-likeness (QED) is 0.397. The molecule has 1 amide bonds. The van der Waals surface area contributed by atoms with Gasteiger partial charge < -0.3 is 19.2 Å². The van der Waals surface area contributed by atoms with E-state index in [4.69, 9.17) is 9.15 Å². The second-order valence-corrected chi connectivity index (χ2v) is 6.94. The maximum absolute atomic E-state index is 13.0. The van der Waals surface area contributed by atoms with Crippen molar-refractivity contribution in [2.75, 3.05) is 7.11 Å². The van der Waals surface area contributed by atoms with Crippen molar-refractivity contribution in [3.8, 4) is 5.75 Å². The summed E-state index contributed by atoms with van der Waals surface area (Å²) in [4.78, 5) is 31.6. The summed E-state index contributed by atoms with van der Waals surface area (Å²) < 4.78 is 10.6. The van der Waals surface area contributed by atoms with Gasteiger partial charge in [0, 0.05) is 11.8 Å². The number of hydrogen-bond donors (Lipinski definition) is 1. The molecular formula is C23H20N2O5. The molecule has 3 heterocycles. The smallest absolute Gasteiger partial charge is 0.296 e. The van der Waals surface area contributed by atoms with E-state index in [1.165, 1.54) is 11.2 Å². The van der Waals surface area contributed by atoms with Crippen LogP contribution in [0.1, 0.15) is 28.6 Å². The van der Waals surface area contributed by atoms with Crippen molar-refractivity contribution in [2.24, 2.45) is 0 Å². The first kappa shape index (κ1) is 19.4. The third kappa shape index (κ3) is 3.34. The van der Waals surface area contributed by atoms with Crippen LogP contribution in [-0.2, 0) is 16.1 Å². The number of ketones is 1. The molecule has 30 heavy (non-hydrogen) atoms. The van der Waals surface area contributed by atoms with Gasteiger partial charge in [0.1, 0.15) is 23.3 Å². The van der Waals surface area contributed by atoms with Gasteiger partial charge in [-0.15, -0.1) is 0 Å². The molecule has 7 nitrogen and oxygen atoms in total. The Morgan fingerprint density at radius 3 is 2.67 bits per heavy atom. The van der Waals surface area contributed by atoms with Crippen molar-refractivity contribution in [1.82, 2.24) is 9.88 Å². The molecule has 0 bridgehead atoms. The third-order valence-electron chi connectivity index (χ3n) is 5.10. The number of ether oxygens (including phenoxy) is 1. The largest absolute Gasteiger partial charge is 0.507 e. The Morgan fingerprint density at radius 1 is 1.20 bits per heavy atom. The van der Waals surface area contributed by atoms with Gasteiger partial charge in [-0.2, -0.15) is 0 Å². The molecule has 152 valence electrons. The summed E-state index contributed by atoms with van der Waals surface area (Å²) in [6.45, 7) is 1.88. The number of Topliss-reactive ketones (excluding diaryl/α,β-unsaturated/α-hetero) is 1. The number of carbonyl (C=O) groups is 2. The van der Waals surface area contributed by atoms with E-state index in [2.05, 4.69) is 4.98 Å². The number of aliphatic hydroxyl groups is 1.